The van der Waals surface area contributed by atoms with Gasteiger partial charge in [-0.15, -0.1) is 0 Å². The molecule has 0 aliphatic carbocycles. The van der Waals surface area contributed by atoms with Crippen molar-refractivity contribution in [3.63, 3.8) is 0 Å². The third-order valence-corrected chi connectivity index (χ3v) is 3.77. The van der Waals surface area contributed by atoms with Crippen LogP contribution in [-0.2, 0) is 11.3 Å². The Labute approximate surface area is 134 Å². The minimum absolute atomic E-state index is 0.104. The van der Waals surface area contributed by atoms with Crippen LogP contribution in [0.4, 0.5) is 0 Å². The van der Waals surface area contributed by atoms with Gasteiger partial charge in [-0.1, -0.05) is 40.2 Å². The third-order valence-electron chi connectivity index (χ3n) is 3.24. The Morgan fingerprint density at radius 2 is 1.86 bits per heavy atom. The number of nitrogens with two attached hydrogens (primary N) is 1. The summed E-state index contributed by atoms with van der Waals surface area (Å²) in [5.74, 6) is 0.811. The first-order chi connectivity index (χ1) is 10.1. The Hall–Kier alpha value is -1.36. The predicted molar refractivity (Wildman–Crippen MR) is 88.3 cm³/mol. The van der Waals surface area contributed by atoms with E-state index in [0.29, 0.717) is 6.61 Å². The van der Waals surface area contributed by atoms with Gasteiger partial charge in [0.15, 0.2) is 0 Å². The zero-order chi connectivity index (χ0) is 15.2. The van der Waals surface area contributed by atoms with Crippen LogP contribution in [0.3, 0.4) is 0 Å². The fourth-order valence-electron chi connectivity index (χ4n) is 2.14. The zero-order valence-electron chi connectivity index (χ0n) is 12.3. The van der Waals surface area contributed by atoms with E-state index in [1.165, 1.54) is 0 Å². The molecule has 0 aliphatic rings. The van der Waals surface area contributed by atoms with Crippen LogP contribution in [0.2, 0.25) is 0 Å². The van der Waals surface area contributed by atoms with Gasteiger partial charge in [0.1, 0.15) is 5.75 Å². The molecule has 2 N–H and O–H groups in total. The summed E-state index contributed by atoms with van der Waals surface area (Å²) in [5.41, 5.74) is 8.22. The van der Waals surface area contributed by atoms with Crippen molar-refractivity contribution in [1.29, 1.82) is 0 Å². The van der Waals surface area contributed by atoms with E-state index in [-0.39, 0.29) is 12.1 Å². The third kappa shape index (κ3) is 4.56. The average Bonchev–Trinajstić information content (AvgIpc) is 2.49. The topological polar surface area (TPSA) is 44.5 Å². The molecule has 0 heterocycles. The molecule has 0 fully saturated rings. The lowest BCUT2D eigenvalue weighted by molar-refractivity contribution is 0.0258. The molecule has 0 amide bonds. The maximum absolute atomic E-state index is 6.08. The number of hydrogen-bond donors (Lipinski definition) is 1. The molecule has 0 aromatic heterocycles. The second kappa shape index (κ2) is 7.59. The molecule has 4 heteroatoms. The fraction of sp³-hybridized carbons (Fsp3) is 0.294. The van der Waals surface area contributed by atoms with Crippen molar-refractivity contribution in [2.24, 2.45) is 5.73 Å². The van der Waals surface area contributed by atoms with Gasteiger partial charge >= 0.3 is 0 Å². The molecule has 21 heavy (non-hydrogen) atoms. The summed E-state index contributed by atoms with van der Waals surface area (Å²) < 4.78 is 12.3. The summed E-state index contributed by atoms with van der Waals surface area (Å²) >= 11 is 3.43. The van der Waals surface area contributed by atoms with E-state index in [2.05, 4.69) is 15.9 Å². The van der Waals surface area contributed by atoms with Gasteiger partial charge in [0.2, 0.25) is 0 Å². The number of methoxy groups -OCH3 is 1. The quantitative estimate of drug-likeness (QED) is 0.854. The Kier molecular flexibility index (Phi) is 5.79. The van der Waals surface area contributed by atoms with Crippen molar-refractivity contribution in [2.45, 2.75) is 25.7 Å². The Morgan fingerprint density at radius 3 is 2.48 bits per heavy atom. The summed E-state index contributed by atoms with van der Waals surface area (Å²) in [4.78, 5) is 0. The molecule has 0 aliphatic heterocycles. The smallest absolute Gasteiger partial charge is 0.119 e. The van der Waals surface area contributed by atoms with E-state index < -0.39 is 0 Å². The van der Waals surface area contributed by atoms with Crippen molar-refractivity contribution in [3.8, 4) is 5.75 Å². The highest BCUT2D eigenvalue weighted by Crippen LogP contribution is 2.25. The van der Waals surface area contributed by atoms with Gasteiger partial charge in [-0.25, -0.2) is 0 Å². The molecule has 2 aromatic rings. The van der Waals surface area contributed by atoms with Gasteiger partial charge < -0.3 is 15.2 Å². The first kappa shape index (κ1) is 16.0. The molecular weight excluding hydrogens is 330 g/mol. The summed E-state index contributed by atoms with van der Waals surface area (Å²) in [6, 6.07) is 15.8. The van der Waals surface area contributed by atoms with E-state index in [0.717, 1.165) is 21.3 Å². The first-order valence-electron chi connectivity index (χ1n) is 6.85. The minimum Gasteiger partial charge on any atom is -0.497 e. The molecular formula is C17H20BrNO2. The van der Waals surface area contributed by atoms with E-state index in [1.807, 2.05) is 55.5 Å². The van der Waals surface area contributed by atoms with Gasteiger partial charge in [-0.05, 0) is 42.3 Å². The van der Waals surface area contributed by atoms with Crippen molar-refractivity contribution in [2.75, 3.05) is 7.11 Å². The lowest BCUT2D eigenvalue weighted by Gasteiger charge is -2.22. The molecule has 0 spiro atoms. The van der Waals surface area contributed by atoms with Gasteiger partial charge in [-0.2, -0.15) is 0 Å². The highest BCUT2D eigenvalue weighted by atomic mass is 79.9. The summed E-state index contributed by atoms with van der Waals surface area (Å²) in [7, 11) is 1.66. The van der Waals surface area contributed by atoms with Crippen molar-refractivity contribution in [1.82, 2.24) is 0 Å². The van der Waals surface area contributed by atoms with Gasteiger partial charge in [-0.3, -0.25) is 0 Å². The number of ether oxygens (including phenoxy) is 2. The largest absolute Gasteiger partial charge is 0.497 e. The van der Waals surface area contributed by atoms with Crippen LogP contribution in [-0.4, -0.2) is 13.2 Å². The standard InChI is InChI=1S/C17H20BrNO2/c1-12(19)17(14-4-3-5-16(10-14)20-2)21-11-13-6-8-15(18)9-7-13/h3-10,12,17H,11,19H2,1-2H3. The maximum Gasteiger partial charge on any atom is 0.119 e. The SMILES string of the molecule is COc1cccc(C(OCc2ccc(Br)cc2)C(C)N)c1. The normalized spacial score (nSPS) is 13.7. The van der Waals surface area contributed by atoms with Crippen LogP contribution < -0.4 is 10.5 Å². The molecule has 2 atom stereocenters. The highest BCUT2D eigenvalue weighted by Gasteiger charge is 2.17. The molecule has 2 unspecified atom stereocenters. The average molecular weight is 350 g/mol. The second-order valence-corrected chi connectivity index (χ2v) is 5.91. The van der Waals surface area contributed by atoms with E-state index >= 15 is 0 Å². The molecule has 0 radical (unpaired) electrons. The van der Waals surface area contributed by atoms with Crippen LogP contribution in [0, 0.1) is 0 Å². The van der Waals surface area contributed by atoms with E-state index in [9.17, 15) is 0 Å². The molecule has 3 nitrogen and oxygen atoms in total. The van der Waals surface area contributed by atoms with Crippen LogP contribution in [0.5, 0.6) is 5.75 Å². The minimum atomic E-state index is -0.163. The summed E-state index contributed by atoms with van der Waals surface area (Å²) in [6.07, 6.45) is -0.163. The van der Waals surface area contributed by atoms with Gasteiger partial charge in [0.05, 0.1) is 19.8 Å². The van der Waals surface area contributed by atoms with E-state index in [4.69, 9.17) is 15.2 Å². The number of benzene rings is 2. The number of halogens is 1. The molecule has 2 rings (SSSR count). The van der Waals surface area contributed by atoms with Gasteiger partial charge in [0, 0.05) is 10.5 Å². The first-order valence-corrected chi connectivity index (χ1v) is 7.65. The van der Waals surface area contributed by atoms with Crippen LogP contribution >= 0.6 is 15.9 Å². The predicted octanol–water partition coefficient (Wildman–Crippen LogP) is 4.06. The number of rotatable bonds is 6. The molecule has 112 valence electrons. The number of hydrogen-bond acceptors (Lipinski definition) is 3. The second-order valence-electron chi connectivity index (χ2n) is 4.99. The molecule has 2 aromatic carbocycles. The van der Waals surface area contributed by atoms with Gasteiger partial charge in [0.25, 0.3) is 0 Å². The Bertz CT molecular complexity index is 569. The summed E-state index contributed by atoms with van der Waals surface area (Å²) in [5, 5.41) is 0. The lowest BCUT2D eigenvalue weighted by Crippen LogP contribution is -2.27. The molecule has 0 bridgehead atoms. The highest BCUT2D eigenvalue weighted by molar-refractivity contribution is 9.10. The van der Waals surface area contributed by atoms with Crippen LogP contribution in [0.1, 0.15) is 24.2 Å². The fourth-order valence-corrected chi connectivity index (χ4v) is 2.40. The Balaban J connectivity index is 2.10. The lowest BCUT2D eigenvalue weighted by atomic mass is 10.0. The zero-order valence-corrected chi connectivity index (χ0v) is 13.8. The maximum atomic E-state index is 6.08. The van der Waals surface area contributed by atoms with Crippen molar-refractivity contribution >= 4 is 15.9 Å². The molecule has 0 saturated carbocycles. The van der Waals surface area contributed by atoms with Crippen molar-refractivity contribution in [3.05, 3.63) is 64.1 Å². The van der Waals surface area contributed by atoms with E-state index in [1.54, 1.807) is 7.11 Å². The van der Waals surface area contributed by atoms with Crippen LogP contribution in [0.25, 0.3) is 0 Å². The van der Waals surface area contributed by atoms with Crippen LogP contribution in [0.15, 0.2) is 53.0 Å². The summed E-state index contributed by atoms with van der Waals surface area (Å²) in [6.45, 7) is 2.47. The Morgan fingerprint density at radius 1 is 1.14 bits per heavy atom. The molecule has 0 saturated heterocycles. The monoisotopic (exact) mass is 349 g/mol. The van der Waals surface area contributed by atoms with Crippen molar-refractivity contribution < 1.29 is 9.47 Å².